The molecule has 2 fully saturated rings. The number of piperidine rings is 1. The average molecular weight is 347 g/mol. The summed E-state index contributed by atoms with van der Waals surface area (Å²) in [5, 5.41) is 9.00. The zero-order valence-electron chi connectivity index (χ0n) is 13.5. The molecule has 0 bridgehead atoms. The van der Waals surface area contributed by atoms with Crippen molar-refractivity contribution in [3.63, 3.8) is 0 Å². The van der Waals surface area contributed by atoms with E-state index >= 15 is 0 Å². The van der Waals surface area contributed by atoms with E-state index in [1.165, 1.54) is 16.4 Å². The van der Waals surface area contributed by atoms with Gasteiger partial charge in [0.25, 0.3) is 0 Å². The second kappa shape index (κ2) is 6.91. The summed E-state index contributed by atoms with van der Waals surface area (Å²) < 4.78 is 27.4. The molecule has 2 saturated heterocycles. The number of carbonyl (C=O) groups is 1. The highest BCUT2D eigenvalue weighted by molar-refractivity contribution is 7.89. The van der Waals surface area contributed by atoms with Crippen molar-refractivity contribution in [1.29, 1.82) is 5.26 Å². The Morgan fingerprint density at radius 1 is 1.12 bits per heavy atom. The van der Waals surface area contributed by atoms with Gasteiger partial charge in [0.1, 0.15) is 6.04 Å². The topological polar surface area (TPSA) is 81.5 Å². The maximum atomic E-state index is 13.0. The molecule has 2 aliphatic heterocycles. The average Bonchev–Trinajstić information content (AvgIpc) is 3.16. The van der Waals surface area contributed by atoms with Crippen LogP contribution in [0.15, 0.2) is 29.2 Å². The first-order chi connectivity index (χ1) is 11.5. The smallest absolute Gasteiger partial charge is 0.243 e. The van der Waals surface area contributed by atoms with Crippen LogP contribution in [0.2, 0.25) is 0 Å². The lowest BCUT2D eigenvalue weighted by atomic mass is 10.0. The summed E-state index contributed by atoms with van der Waals surface area (Å²) in [6.45, 7) is 1.78. The standard InChI is InChI=1S/C17H21N3O3S/c18-13-14-6-5-7-15(12-14)24(22,23)20-11-2-1-8-16(20)17(21)19-9-3-4-10-19/h5-7,12,16H,1-4,8-11H2. The van der Waals surface area contributed by atoms with Crippen molar-refractivity contribution in [1.82, 2.24) is 9.21 Å². The lowest BCUT2D eigenvalue weighted by Gasteiger charge is -2.35. The van der Waals surface area contributed by atoms with Gasteiger partial charge in [-0.15, -0.1) is 0 Å². The van der Waals surface area contributed by atoms with E-state index in [-0.39, 0.29) is 10.8 Å². The number of hydrogen-bond acceptors (Lipinski definition) is 4. The summed E-state index contributed by atoms with van der Waals surface area (Å²) in [6.07, 6.45) is 4.13. The van der Waals surface area contributed by atoms with Crippen LogP contribution < -0.4 is 0 Å². The van der Waals surface area contributed by atoms with E-state index in [1.54, 1.807) is 17.0 Å². The van der Waals surface area contributed by atoms with E-state index in [0.29, 0.717) is 31.6 Å². The van der Waals surface area contributed by atoms with E-state index in [2.05, 4.69) is 0 Å². The number of rotatable bonds is 3. The Balaban J connectivity index is 1.91. The second-order valence-electron chi connectivity index (χ2n) is 6.30. The van der Waals surface area contributed by atoms with Gasteiger partial charge in [-0.1, -0.05) is 12.5 Å². The third-order valence-electron chi connectivity index (χ3n) is 4.73. The molecular weight excluding hydrogens is 326 g/mol. The number of sulfonamides is 1. The number of hydrogen-bond donors (Lipinski definition) is 0. The predicted molar refractivity (Wildman–Crippen MR) is 88.5 cm³/mol. The minimum atomic E-state index is -3.78. The molecule has 0 N–H and O–H groups in total. The number of nitriles is 1. The van der Waals surface area contributed by atoms with Crippen molar-refractivity contribution >= 4 is 15.9 Å². The van der Waals surface area contributed by atoms with Crippen molar-refractivity contribution in [2.24, 2.45) is 0 Å². The number of amides is 1. The minimum absolute atomic E-state index is 0.0767. The van der Waals surface area contributed by atoms with Crippen molar-refractivity contribution in [2.45, 2.75) is 43.0 Å². The largest absolute Gasteiger partial charge is 0.341 e. The fourth-order valence-corrected chi connectivity index (χ4v) is 5.15. The number of carbonyl (C=O) groups excluding carboxylic acids is 1. The third-order valence-corrected chi connectivity index (χ3v) is 6.63. The Bertz CT molecular complexity index is 764. The second-order valence-corrected chi connectivity index (χ2v) is 8.19. The van der Waals surface area contributed by atoms with Crippen LogP contribution in [0.1, 0.15) is 37.7 Å². The van der Waals surface area contributed by atoms with Crippen LogP contribution in [0.5, 0.6) is 0 Å². The molecule has 1 aromatic carbocycles. The Morgan fingerprint density at radius 2 is 1.83 bits per heavy atom. The summed E-state index contributed by atoms with van der Waals surface area (Å²) in [5.74, 6) is -0.0767. The van der Waals surface area contributed by atoms with E-state index in [9.17, 15) is 13.2 Å². The van der Waals surface area contributed by atoms with Gasteiger partial charge in [0.15, 0.2) is 0 Å². The monoisotopic (exact) mass is 347 g/mol. The lowest BCUT2D eigenvalue weighted by Crippen LogP contribution is -2.52. The van der Waals surface area contributed by atoms with Gasteiger partial charge in [0.2, 0.25) is 15.9 Å². The van der Waals surface area contributed by atoms with Crippen LogP contribution in [-0.4, -0.2) is 49.2 Å². The molecule has 7 heteroatoms. The zero-order chi connectivity index (χ0) is 17.2. The van der Waals surface area contributed by atoms with Gasteiger partial charge in [0.05, 0.1) is 16.5 Å². The minimum Gasteiger partial charge on any atom is -0.341 e. The molecule has 0 aromatic heterocycles. The normalized spacial score (nSPS) is 22.3. The quantitative estimate of drug-likeness (QED) is 0.834. The summed E-state index contributed by atoms with van der Waals surface area (Å²) in [4.78, 5) is 14.6. The van der Waals surface area contributed by atoms with Gasteiger partial charge in [0, 0.05) is 19.6 Å². The molecule has 0 aliphatic carbocycles. The highest BCUT2D eigenvalue weighted by atomic mass is 32.2. The van der Waals surface area contributed by atoms with Crippen LogP contribution in [0.4, 0.5) is 0 Å². The van der Waals surface area contributed by atoms with Gasteiger partial charge >= 0.3 is 0 Å². The van der Waals surface area contributed by atoms with Crippen molar-refractivity contribution < 1.29 is 13.2 Å². The molecule has 2 heterocycles. The maximum Gasteiger partial charge on any atom is 0.243 e. The fraction of sp³-hybridized carbons (Fsp3) is 0.529. The van der Waals surface area contributed by atoms with Crippen LogP contribution in [0, 0.1) is 11.3 Å². The molecular formula is C17H21N3O3S. The molecule has 1 amide bonds. The number of nitrogens with zero attached hydrogens (tertiary/aromatic N) is 3. The van der Waals surface area contributed by atoms with Gasteiger partial charge in [-0.25, -0.2) is 8.42 Å². The van der Waals surface area contributed by atoms with E-state index in [4.69, 9.17) is 5.26 Å². The Morgan fingerprint density at radius 3 is 2.54 bits per heavy atom. The summed E-state index contributed by atoms with van der Waals surface area (Å²) >= 11 is 0. The van der Waals surface area contributed by atoms with E-state index in [0.717, 1.165) is 25.7 Å². The van der Waals surface area contributed by atoms with E-state index < -0.39 is 16.1 Å². The molecule has 6 nitrogen and oxygen atoms in total. The molecule has 128 valence electrons. The van der Waals surface area contributed by atoms with Crippen LogP contribution in [-0.2, 0) is 14.8 Å². The predicted octanol–water partition coefficient (Wildman–Crippen LogP) is 1.72. The molecule has 3 rings (SSSR count). The first kappa shape index (κ1) is 16.9. The Hall–Kier alpha value is -1.91. The number of likely N-dealkylation sites (tertiary alicyclic amines) is 1. The highest BCUT2D eigenvalue weighted by Crippen LogP contribution is 2.27. The summed E-state index contributed by atoms with van der Waals surface area (Å²) in [6, 6.07) is 7.34. The molecule has 24 heavy (non-hydrogen) atoms. The Kier molecular flexibility index (Phi) is 4.88. The molecule has 0 saturated carbocycles. The summed E-state index contributed by atoms with van der Waals surface area (Å²) in [5.41, 5.74) is 0.301. The maximum absolute atomic E-state index is 13.0. The fourth-order valence-electron chi connectivity index (χ4n) is 3.45. The SMILES string of the molecule is N#Cc1cccc(S(=O)(=O)N2CCCCC2C(=O)N2CCCC2)c1. The number of benzene rings is 1. The third kappa shape index (κ3) is 3.17. The lowest BCUT2D eigenvalue weighted by molar-refractivity contribution is -0.135. The molecule has 1 aromatic rings. The first-order valence-electron chi connectivity index (χ1n) is 8.35. The van der Waals surface area contributed by atoms with Crippen molar-refractivity contribution in [3.05, 3.63) is 29.8 Å². The molecule has 2 aliphatic rings. The van der Waals surface area contributed by atoms with Crippen molar-refractivity contribution in [3.8, 4) is 6.07 Å². The molecule has 0 spiro atoms. The van der Waals surface area contributed by atoms with Crippen LogP contribution >= 0.6 is 0 Å². The molecule has 1 unspecified atom stereocenters. The van der Waals surface area contributed by atoms with Gasteiger partial charge in [-0.3, -0.25) is 4.79 Å². The highest BCUT2D eigenvalue weighted by Gasteiger charge is 2.39. The zero-order valence-corrected chi connectivity index (χ0v) is 14.3. The van der Waals surface area contributed by atoms with E-state index in [1.807, 2.05) is 6.07 Å². The molecule has 1 atom stereocenters. The van der Waals surface area contributed by atoms with Crippen molar-refractivity contribution in [2.75, 3.05) is 19.6 Å². The van der Waals surface area contributed by atoms with Crippen LogP contribution in [0.3, 0.4) is 0 Å². The Labute approximate surface area is 142 Å². The molecule has 0 radical (unpaired) electrons. The first-order valence-corrected chi connectivity index (χ1v) is 9.79. The van der Waals surface area contributed by atoms with Gasteiger partial charge in [-0.05, 0) is 43.9 Å². The van der Waals surface area contributed by atoms with Gasteiger partial charge in [-0.2, -0.15) is 9.57 Å². The van der Waals surface area contributed by atoms with Crippen LogP contribution in [0.25, 0.3) is 0 Å². The summed E-state index contributed by atoms with van der Waals surface area (Å²) in [7, 11) is -3.78. The van der Waals surface area contributed by atoms with Gasteiger partial charge < -0.3 is 4.90 Å².